The van der Waals surface area contributed by atoms with Gasteiger partial charge in [-0.3, -0.25) is 9.59 Å². The molecule has 0 radical (unpaired) electrons. The number of hydrogen-bond donors (Lipinski definition) is 6. The number of allylic oxidation sites excluding steroid dienone is 15. The summed E-state index contributed by atoms with van der Waals surface area (Å²) in [6.45, 7) is 5.71. The van der Waals surface area contributed by atoms with Crippen molar-refractivity contribution >= 4 is 11.9 Å². The largest absolute Gasteiger partial charge is 0.454 e. The van der Waals surface area contributed by atoms with Gasteiger partial charge >= 0.3 is 5.97 Å². The van der Waals surface area contributed by atoms with Crippen LogP contribution in [0.25, 0.3) is 0 Å². The number of rotatable bonds is 65. The van der Waals surface area contributed by atoms with Crippen molar-refractivity contribution < 1.29 is 49.3 Å². The van der Waals surface area contributed by atoms with E-state index in [0.717, 1.165) is 109 Å². The number of ether oxygens (including phenoxy) is 3. The van der Waals surface area contributed by atoms with Crippen molar-refractivity contribution in [3.8, 4) is 0 Å². The molecule has 8 atom stereocenters. The highest BCUT2D eigenvalue weighted by Crippen LogP contribution is 2.26. The Morgan fingerprint density at radius 1 is 0.440 bits per heavy atom. The molecule has 1 aliphatic rings. The fraction of sp³-hybridized carbons (Fsp3) is 0.775. The second-order valence-electron chi connectivity index (χ2n) is 26.0. The molecule has 526 valence electrons. The van der Waals surface area contributed by atoms with E-state index in [2.05, 4.69) is 111 Å². The van der Waals surface area contributed by atoms with Crippen molar-refractivity contribution in [2.24, 2.45) is 0 Å². The van der Waals surface area contributed by atoms with Gasteiger partial charge in [0.15, 0.2) is 12.4 Å². The van der Waals surface area contributed by atoms with Crippen LogP contribution in [-0.4, -0.2) is 99.6 Å². The highest BCUT2D eigenvalue weighted by Gasteiger charge is 2.47. The average molecular weight is 1280 g/mol. The van der Waals surface area contributed by atoms with Crippen molar-refractivity contribution in [3.05, 3.63) is 97.2 Å². The normalized spacial score (nSPS) is 18.5. The molecule has 1 fully saturated rings. The van der Waals surface area contributed by atoms with E-state index in [4.69, 9.17) is 14.2 Å². The zero-order valence-electron chi connectivity index (χ0n) is 58.7. The Labute approximate surface area is 558 Å². The molecule has 1 aliphatic heterocycles. The summed E-state index contributed by atoms with van der Waals surface area (Å²) < 4.78 is 17.7. The predicted octanol–water partition coefficient (Wildman–Crippen LogP) is 20.2. The maximum atomic E-state index is 13.5. The first-order valence-corrected chi connectivity index (χ1v) is 38.0. The van der Waals surface area contributed by atoms with Crippen LogP contribution in [0.15, 0.2) is 97.2 Å². The summed E-state index contributed by atoms with van der Waals surface area (Å²) >= 11 is 0. The maximum absolute atomic E-state index is 13.5. The molecule has 1 saturated heterocycles. The van der Waals surface area contributed by atoms with Crippen molar-refractivity contribution in [1.82, 2.24) is 5.32 Å². The van der Waals surface area contributed by atoms with Gasteiger partial charge in [-0.1, -0.05) is 323 Å². The van der Waals surface area contributed by atoms with Crippen molar-refractivity contribution in [3.63, 3.8) is 0 Å². The fourth-order valence-electron chi connectivity index (χ4n) is 11.5. The number of esters is 1. The number of amides is 1. The second-order valence-corrected chi connectivity index (χ2v) is 26.0. The van der Waals surface area contributed by atoms with Gasteiger partial charge < -0.3 is 45.1 Å². The lowest BCUT2D eigenvalue weighted by Gasteiger charge is -2.41. The van der Waals surface area contributed by atoms with Crippen LogP contribution in [0, 0.1) is 0 Å². The predicted molar refractivity (Wildman–Crippen MR) is 384 cm³/mol. The molecule has 0 aromatic heterocycles. The molecule has 11 nitrogen and oxygen atoms in total. The number of carbonyl (C=O) groups is 2. The van der Waals surface area contributed by atoms with Crippen LogP contribution in [0.1, 0.15) is 335 Å². The first kappa shape index (κ1) is 85.6. The number of unbranched alkanes of at least 4 members (excludes halogenated alkanes) is 37. The van der Waals surface area contributed by atoms with Crippen LogP contribution < -0.4 is 5.32 Å². The van der Waals surface area contributed by atoms with E-state index in [-0.39, 0.29) is 19.4 Å². The molecule has 0 saturated carbocycles. The Hall–Kier alpha value is -3.42. The molecule has 1 heterocycles. The minimum atomic E-state index is -1.62. The molecule has 91 heavy (non-hydrogen) atoms. The number of aliphatic hydroxyl groups excluding tert-OH is 5. The topological polar surface area (TPSA) is 175 Å². The molecular formula is C80H141NO10. The third-order valence-corrected chi connectivity index (χ3v) is 17.5. The molecule has 8 unspecified atom stereocenters. The van der Waals surface area contributed by atoms with Crippen LogP contribution >= 0.6 is 0 Å². The summed E-state index contributed by atoms with van der Waals surface area (Å²) in [6, 6.07) is -1.04. The number of nitrogens with one attached hydrogen (secondary N) is 1. The molecule has 1 amide bonds. The Morgan fingerprint density at radius 2 is 0.791 bits per heavy atom. The molecular weight excluding hydrogens is 1130 g/mol. The monoisotopic (exact) mass is 1280 g/mol. The van der Waals surface area contributed by atoms with Crippen molar-refractivity contribution in [1.29, 1.82) is 0 Å². The van der Waals surface area contributed by atoms with Gasteiger partial charge in [0.05, 0.1) is 25.4 Å². The van der Waals surface area contributed by atoms with Gasteiger partial charge in [-0.15, -0.1) is 0 Å². The van der Waals surface area contributed by atoms with E-state index in [1.165, 1.54) is 180 Å². The van der Waals surface area contributed by atoms with Crippen LogP contribution in [0.2, 0.25) is 0 Å². The van der Waals surface area contributed by atoms with E-state index in [1.807, 2.05) is 6.08 Å². The van der Waals surface area contributed by atoms with Crippen LogP contribution in [0.5, 0.6) is 0 Å². The minimum Gasteiger partial charge on any atom is -0.454 e. The molecule has 0 aromatic rings. The van der Waals surface area contributed by atoms with Crippen LogP contribution in [-0.2, 0) is 23.8 Å². The summed E-state index contributed by atoms with van der Waals surface area (Å²) in [4.78, 5) is 26.8. The SMILES string of the molecule is CC/C=C\C/C=C\C/C=C\C/C=C\C/C=C\C/C=C\CCCCCCCC(O)C(=O)NC(COC1OC(CO)C(O)C(O)C1OC(=O)CCCCCCCCCCCCCCCCC/C=C/CCCCCCCC)C(O)/C=C/CCCCCCCCCCCCC. The molecule has 0 spiro atoms. The van der Waals surface area contributed by atoms with Crippen LogP contribution in [0.4, 0.5) is 0 Å². The Kier molecular flexibility index (Phi) is 62.6. The Morgan fingerprint density at radius 3 is 1.20 bits per heavy atom. The van der Waals surface area contributed by atoms with E-state index in [9.17, 15) is 35.1 Å². The molecule has 0 aliphatic carbocycles. The lowest BCUT2D eigenvalue weighted by atomic mass is 9.99. The second kappa shape index (κ2) is 66.6. The highest BCUT2D eigenvalue weighted by molar-refractivity contribution is 5.80. The van der Waals surface area contributed by atoms with Gasteiger partial charge in [-0.25, -0.2) is 0 Å². The quantitative estimate of drug-likeness (QED) is 0.0195. The summed E-state index contributed by atoms with van der Waals surface area (Å²) in [5.41, 5.74) is 0. The molecule has 0 aromatic carbocycles. The minimum absolute atomic E-state index is 0.120. The molecule has 1 rings (SSSR count). The molecule has 11 heteroatoms. The van der Waals surface area contributed by atoms with Gasteiger partial charge in [0.25, 0.3) is 0 Å². The van der Waals surface area contributed by atoms with Gasteiger partial charge in [0, 0.05) is 6.42 Å². The Bertz CT molecular complexity index is 1860. The summed E-state index contributed by atoms with van der Waals surface area (Å²) in [6.07, 6.45) is 80.2. The first-order chi connectivity index (χ1) is 44.7. The third kappa shape index (κ3) is 53.5. The highest BCUT2D eigenvalue weighted by atomic mass is 16.7. The van der Waals surface area contributed by atoms with Crippen LogP contribution in [0.3, 0.4) is 0 Å². The van der Waals surface area contributed by atoms with E-state index in [0.29, 0.717) is 12.8 Å². The summed E-state index contributed by atoms with van der Waals surface area (Å²) in [5.74, 6) is -1.20. The van der Waals surface area contributed by atoms with E-state index < -0.39 is 67.4 Å². The maximum Gasteiger partial charge on any atom is 0.306 e. The zero-order valence-corrected chi connectivity index (χ0v) is 58.7. The lowest BCUT2D eigenvalue weighted by Crippen LogP contribution is -2.61. The number of aliphatic hydroxyl groups is 5. The zero-order chi connectivity index (χ0) is 66.0. The van der Waals surface area contributed by atoms with Gasteiger partial charge in [0.1, 0.15) is 24.4 Å². The summed E-state index contributed by atoms with van der Waals surface area (Å²) in [5, 5.41) is 57.4. The van der Waals surface area contributed by atoms with E-state index >= 15 is 0 Å². The van der Waals surface area contributed by atoms with Gasteiger partial charge in [0.2, 0.25) is 5.91 Å². The number of carbonyl (C=O) groups excluding carboxylic acids is 2. The lowest BCUT2D eigenvalue weighted by molar-refractivity contribution is -0.305. The standard InChI is InChI=1S/C80H141NO10/c1-4-7-10-13-16-19-22-25-27-29-31-33-35-37-39-41-43-45-47-50-53-56-59-62-65-68-75(85)91-78-77(87)76(86)74(69-82)90-80(78)89-70-71(72(83)66-63-60-57-54-51-48-24-21-18-15-12-9-6-3)81-79(88)73(84)67-64-61-58-55-52-49-46-44-42-40-38-36-34-32-30-28-26-23-20-17-14-11-8-5-2/h8,11,17,20,25-28,32,34,38,40,44,46,63,66,71-74,76-78,80,82-84,86-87H,4-7,9-10,12-16,18-19,21-24,29-31,33,35-37,39,41-43,45,47-62,64-65,67-70H2,1-3H3,(H,81,88)/b11-8-,20-17-,27-25+,28-26-,34-32-,40-38-,46-44-,66-63+. The fourth-order valence-corrected chi connectivity index (χ4v) is 11.5. The van der Waals surface area contributed by atoms with Crippen molar-refractivity contribution in [2.75, 3.05) is 13.2 Å². The van der Waals surface area contributed by atoms with Gasteiger partial charge in [-0.2, -0.15) is 0 Å². The van der Waals surface area contributed by atoms with Crippen molar-refractivity contribution in [2.45, 2.75) is 384 Å². The number of hydrogen-bond acceptors (Lipinski definition) is 10. The molecule has 0 bridgehead atoms. The average Bonchev–Trinajstić information content (AvgIpc) is 1.00. The van der Waals surface area contributed by atoms with Gasteiger partial charge in [-0.05, 0) is 103 Å². The first-order valence-electron chi connectivity index (χ1n) is 38.0. The third-order valence-electron chi connectivity index (χ3n) is 17.5. The van der Waals surface area contributed by atoms with E-state index in [1.54, 1.807) is 6.08 Å². The molecule has 6 N–H and O–H groups in total. The smallest absolute Gasteiger partial charge is 0.306 e. The Balaban J connectivity index is 2.57. The summed E-state index contributed by atoms with van der Waals surface area (Å²) in [7, 11) is 0.